The van der Waals surface area contributed by atoms with Crippen molar-refractivity contribution in [2.75, 3.05) is 6.54 Å². The predicted octanol–water partition coefficient (Wildman–Crippen LogP) is 2.09. The molecule has 1 aliphatic rings. The highest BCUT2D eigenvalue weighted by molar-refractivity contribution is 7.10. The first kappa shape index (κ1) is 9.87. The third-order valence-electron chi connectivity index (χ3n) is 3.20. The van der Waals surface area contributed by atoms with Gasteiger partial charge in [0.25, 0.3) is 0 Å². The standard InChI is InChI=1S/C11H15NOS/c12-8-11(10-2-1-7-14-10)5-3-9(13)4-6-11/h1-2,7H,3-6,8,12H2. The van der Waals surface area contributed by atoms with Gasteiger partial charge >= 0.3 is 0 Å². The van der Waals surface area contributed by atoms with Gasteiger partial charge in [-0.15, -0.1) is 11.3 Å². The Morgan fingerprint density at radius 3 is 2.64 bits per heavy atom. The van der Waals surface area contributed by atoms with Crippen molar-refractivity contribution >= 4 is 17.1 Å². The molecule has 76 valence electrons. The summed E-state index contributed by atoms with van der Waals surface area (Å²) in [5.74, 6) is 0.394. The van der Waals surface area contributed by atoms with Crippen molar-refractivity contribution in [3.05, 3.63) is 22.4 Å². The van der Waals surface area contributed by atoms with Crippen molar-refractivity contribution in [3.8, 4) is 0 Å². The van der Waals surface area contributed by atoms with Crippen LogP contribution in [-0.2, 0) is 10.2 Å². The van der Waals surface area contributed by atoms with Crippen LogP contribution in [0.15, 0.2) is 17.5 Å². The van der Waals surface area contributed by atoms with Gasteiger partial charge in [-0.2, -0.15) is 0 Å². The maximum absolute atomic E-state index is 11.2. The molecule has 2 N–H and O–H groups in total. The van der Waals surface area contributed by atoms with E-state index in [1.165, 1.54) is 4.88 Å². The lowest BCUT2D eigenvalue weighted by Gasteiger charge is -2.34. The van der Waals surface area contributed by atoms with Gasteiger partial charge in [0.15, 0.2) is 0 Å². The molecule has 1 aliphatic carbocycles. The average molecular weight is 209 g/mol. The maximum atomic E-state index is 11.2. The summed E-state index contributed by atoms with van der Waals surface area (Å²) in [6, 6.07) is 4.21. The quantitative estimate of drug-likeness (QED) is 0.810. The van der Waals surface area contributed by atoms with Gasteiger partial charge < -0.3 is 5.73 Å². The van der Waals surface area contributed by atoms with Crippen LogP contribution in [0.1, 0.15) is 30.6 Å². The molecule has 0 aromatic carbocycles. The number of carbonyl (C=O) groups excluding carboxylic acids is 1. The van der Waals surface area contributed by atoms with E-state index in [1.807, 2.05) is 0 Å². The highest BCUT2D eigenvalue weighted by Crippen LogP contribution is 2.39. The molecule has 14 heavy (non-hydrogen) atoms. The second-order valence-electron chi connectivity index (χ2n) is 4.00. The molecular formula is C11H15NOS. The minimum Gasteiger partial charge on any atom is -0.330 e. The Bertz CT molecular complexity index is 308. The molecule has 0 bridgehead atoms. The van der Waals surface area contributed by atoms with E-state index in [4.69, 9.17) is 5.73 Å². The van der Waals surface area contributed by atoms with Crippen LogP contribution >= 0.6 is 11.3 Å². The van der Waals surface area contributed by atoms with Gasteiger partial charge in [-0.25, -0.2) is 0 Å². The zero-order chi connectivity index (χ0) is 10.0. The molecule has 0 unspecified atom stereocenters. The Kier molecular flexibility index (Phi) is 2.70. The van der Waals surface area contributed by atoms with Gasteiger partial charge in [-0.3, -0.25) is 4.79 Å². The summed E-state index contributed by atoms with van der Waals surface area (Å²) in [4.78, 5) is 12.6. The Labute approximate surface area is 88.1 Å². The van der Waals surface area contributed by atoms with Crippen LogP contribution in [0.25, 0.3) is 0 Å². The van der Waals surface area contributed by atoms with Gasteiger partial charge in [-0.05, 0) is 24.3 Å². The summed E-state index contributed by atoms with van der Waals surface area (Å²) in [5, 5.41) is 2.09. The van der Waals surface area contributed by atoms with E-state index < -0.39 is 0 Å². The van der Waals surface area contributed by atoms with Gasteiger partial charge in [0, 0.05) is 29.7 Å². The normalized spacial score (nSPS) is 21.1. The first-order chi connectivity index (χ1) is 6.77. The number of hydrogen-bond acceptors (Lipinski definition) is 3. The molecular weight excluding hydrogens is 194 g/mol. The summed E-state index contributed by atoms with van der Waals surface area (Å²) in [7, 11) is 0. The molecule has 1 fully saturated rings. The van der Waals surface area contributed by atoms with Crippen LogP contribution in [0.2, 0.25) is 0 Å². The van der Waals surface area contributed by atoms with E-state index in [0.717, 1.165) is 12.8 Å². The smallest absolute Gasteiger partial charge is 0.132 e. The fraction of sp³-hybridized carbons (Fsp3) is 0.545. The highest BCUT2D eigenvalue weighted by Gasteiger charge is 2.35. The summed E-state index contributed by atoms with van der Waals surface area (Å²) in [6.07, 6.45) is 3.27. The SMILES string of the molecule is NCC1(c2cccs2)CCC(=O)CC1. The summed E-state index contributed by atoms with van der Waals surface area (Å²) >= 11 is 1.76. The van der Waals surface area contributed by atoms with E-state index >= 15 is 0 Å². The number of ketones is 1. The van der Waals surface area contributed by atoms with Gasteiger partial charge in [0.2, 0.25) is 0 Å². The van der Waals surface area contributed by atoms with Crippen molar-refractivity contribution in [2.24, 2.45) is 5.73 Å². The van der Waals surface area contributed by atoms with Crippen LogP contribution in [0, 0.1) is 0 Å². The van der Waals surface area contributed by atoms with Gasteiger partial charge in [-0.1, -0.05) is 6.07 Å². The van der Waals surface area contributed by atoms with E-state index in [9.17, 15) is 4.79 Å². The fourth-order valence-electron chi connectivity index (χ4n) is 2.14. The number of thiophene rings is 1. The second-order valence-corrected chi connectivity index (χ2v) is 4.95. The lowest BCUT2D eigenvalue weighted by molar-refractivity contribution is -0.121. The Balaban J connectivity index is 2.23. The number of nitrogens with two attached hydrogens (primary N) is 1. The third kappa shape index (κ3) is 1.62. The van der Waals surface area contributed by atoms with E-state index in [-0.39, 0.29) is 5.41 Å². The molecule has 0 spiro atoms. The highest BCUT2D eigenvalue weighted by atomic mass is 32.1. The van der Waals surface area contributed by atoms with Crippen LogP contribution in [0.5, 0.6) is 0 Å². The van der Waals surface area contributed by atoms with E-state index in [0.29, 0.717) is 25.2 Å². The predicted molar refractivity (Wildman–Crippen MR) is 58.5 cm³/mol. The van der Waals surface area contributed by atoms with Crippen LogP contribution in [0.3, 0.4) is 0 Å². The molecule has 0 aliphatic heterocycles. The van der Waals surface area contributed by atoms with Crippen LogP contribution in [-0.4, -0.2) is 12.3 Å². The molecule has 1 saturated carbocycles. The summed E-state index contributed by atoms with van der Waals surface area (Å²) < 4.78 is 0. The van der Waals surface area contributed by atoms with Gasteiger partial charge in [0.1, 0.15) is 5.78 Å². The third-order valence-corrected chi connectivity index (χ3v) is 4.32. The van der Waals surface area contributed by atoms with Crippen LogP contribution in [0.4, 0.5) is 0 Å². The lowest BCUT2D eigenvalue weighted by Crippen LogP contribution is -2.38. The van der Waals surface area contributed by atoms with Crippen molar-refractivity contribution in [3.63, 3.8) is 0 Å². The lowest BCUT2D eigenvalue weighted by atomic mass is 9.73. The molecule has 1 heterocycles. The topological polar surface area (TPSA) is 43.1 Å². The Morgan fingerprint density at radius 2 is 2.14 bits per heavy atom. The van der Waals surface area contributed by atoms with Crippen molar-refractivity contribution in [1.29, 1.82) is 0 Å². The largest absolute Gasteiger partial charge is 0.330 e. The molecule has 0 atom stereocenters. The summed E-state index contributed by atoms with van der Waals surface area (Å²) in [5.41, 5.74) is 5.97. The Hall–Kier alpha value is -0.670. The second kappa shape index (κ2) is 3.83. The number of Topliss-reactive ketones (excluding diaryl/α,β-unsaturated/α-hetero) is 1. The van der Waals surface area contributed by atoms with E-state index in [2.05, 4.69) is 17.5 Å². The molecule has 3 heteroatoms. The zero-order valence-electron chi connectivity index (χ0n) is 8.16. The number of carbonyl (C=O) groups is 1. The number of hydrogen-bond donors (Lipinski definition) is 1. The molecule has 2 rings (SSSR count). The van der Waals surface area contributed by atoms with Crippen molar-refractivity contribution < 1.29 is 4.79 Å². The molecule has 1 aromatic heterocycles. The first-order valence-corrected chi connectivity index (χ1v) is 5.90. The monoisotopic (exact) mass is 209 g/mol. The molecule has 0 amide bonds. The molecule has 2 nitrogen and oxygen atoms in total. The van der Waals surface area contributed by atoms with Crippen LogP contribution < -0.4 is 5.73 Å². The average Bonchev–Trinajstić information content (AvgIpc) is 2.73. The molecule has 0 saturated heterocycles. The summed E-state index contributed by atoms with van der Waals surface area (Å²) in [6.45, 7) is 0.667. The minimum atomic E-state index is 0.0993. The maximum Gasteiger partial charge on any atom is 0.132 e. The van der Waals surface area contributed by atoms with E-state index in [1.54, 1.807) is 11.3 Å². The molecule has 1 aromatic rings. The minimum absolute atomic E-state index is 0.0993. The number of rotatable bonds is 2. The zero-order valence-corrected chi connectivity index (χ0v) is 8.98. The Morgan fingerprint density at radius 1 is 1.43 bits per heavy atom. The van der Waals surface area contributed by atoms with Gasteiger partial charge in [0.05, 0.1) is 0 Å². The molecule has 0 radical (unpaired) electrons. The van der Waals surface area contributed by atoms with Crippen molar-refractivity contribution in [2.45, 2.75) is 31.1 Å². The van der Waals surface area contributed by atoms with Crippen molar-refractivity contribution in [1.82, 2.24) is 0 Å². The first-order valence-electron chi connectivity index (χ1n) is 5.03. The fourth-order valence-corrected chi connectivity index (χ4v) is 3.14.